The van der Waals surface area contributed by atoms with Gasteiger partial charge in [-0.3, -0.25) is 9.89 Å². The molecule has 0 aliphatic rings. The van der Waals surface area contributed by atoms with Gasteiger partial charge in [0.05, 0.1) is 22.4 Å². The number of hydrogen-bond acceptors (Lipinski definition) is 6. The zero-order chi connectivity index (χ0) is 19.0. The summed E-state index contributed by atoms with van der Waals surface area (Å²) in [4.78, 5) is 16.8. The van der Waals surface area contributed by atoms with Gasteiger partial charge in [0, 0.05) is 28.2 Å². The number of nitrogens with one attached hydrogen (secondary N) is 3. The summed E-state index contributed by atoms with van der Waals surface area (Å²) < 4.78 is 0. The predicted octanol–water partition coefficient (Wildman–Crippen LogP) is 3.83. The first-order valence-corrected chi connectivity index (χ1v) is 9.04. The number of fused-ring (bicyclic) bond motifs is 1. The number of hydrogen-bond donors (Lipinski definition) is 4. The second kappa shape index (κ2) is 6.65. The lowest BCUT2D eigenvalue weighted by Gasteiger charge is -2.10. The number of carbonyl (C=O) groups excluding carboxylic acids is 1. The quantitative estimate of drug-likeness (QED) is 0.319. The van der Waals surface area contributed by atoms with Crippen LogP contribution in [0.25, 0.3) is 22.0 Å². The van der Waals surface area contributed by atoms with Gasteiger partial charge >= 0.3 is 0 Å². The van der Waals surface area contributed by atoms with Crippen molar-refractivity contribution in [3.05, 3.63) is 58.2 Å². The van der Waals surface area contributed by atoms with Crippen LogP contribution in [0.3, 0.4) is 0 Å². The van der Waals surface area contributed by atoms with E-state index in [2.05, 4.69) is 20.5 Å². The molecule has 4 rings (SSSR count). The molecule has 27 heavy (non-hydrogen) atoms. The summed E-state index contributed by atoms with van der Waals surface area (Å²) in [5, 5.41) is 20.8. The number of nitrogens with zero attached hydrogens (tertiary/aromatic N) is 2. The molecule has 0 aliphatic heterocycles. The molecule has 0 bridgehead atoms. The Morgan fingerprint density at radius 3 is 2.89 bits per heavy atom. The van der Waals surface area contributed by atoms with E-state index in [1.54, 1.807) is 17.6 Å². The van der Waals surface area contributed by atoms with Crippen LogP contribution in [0.15, 0.2) is 41.9 Å². The van der Waals surface area contributed by atoms with Crippen molar-refractivity contribution in [2.75, 3.05) is 11.1 Å². The summed E-state index contributed by atoms with van der Waals surface area (Å²) in [5.74, 6) is -0.267. The SMILES string of the molecule is Cc1nc(C(=O)Nc2cc(-c3ccc(N)c(C=N)c3)cc3[nH]ncc23)cs1. The van der Waals surface area contributed by atoms with Gasteiger partial charge in [-0.1, -0.05) is 6.07 Å². The highest BCUT2D eigenvalue weighted by Crippen LogP contribution is 2.31. The molecule has 0 saturated heterocycles. The van der Waals surface area contributed by atoms with Crippen LogP contribution in [0, 0.1) is 12.3 Å². The van der Waals surface area contributed by atoms with Crippen LogP contribution in [0.4, 0.5) is 11.4 Å². The fourth-order valence-electron chi connectivity index (χ4n) is 2.85. The maximum atomic E-state index is 12.5. The Kier molecular flexibility index (Phi) is 4.17. The lowest BCUT2D eigenvalue weighted by atomic mass is 10.00. The van der Waals surface area contributed by atoms with E-state index in [-0.39, 0.29) is 5.91 Å². The summed E-state index contributed by atoms with van der Waals surface area (Å²) in [7, 11) is 0. The molecule has 7 nitrogen and oxygen atoms in total. The summed E-state index contributed by atoms with van der Waals surface area (Å²) in [5.41, 5.74) is 10.7. The Balaban J connectivity index is 1.78. The second-order valence-electron chi connectivity index (χ2n) is 6.05. The van der Waals surface area contributed by atoms with E-state index in [1.165, 1.54) is 17.6 Å². The number of aromatic nitrogens is 3. The van der Waals surface area contributed by atoms with Gasteiger partial charge in [-0.15, -0.1) is 11.3 Å². The van der Waals surface area contributed by atoms with E-state index in [4.69, 9.17) is 11.1 Å². The van der Waals surface area contributed by atoms with Gasteiger partial charge in [-0.2, -0.15) is 5.10 Å². The van der Waals surface area contributed by atoms with Crippen LogP contribution in [0.2, 0.25) is 0 Å². The van der Waals surface area contributed by atoms with Crippen molar-refractivity contribution in [3.63, 3.8) is 0 Å². The van der Waals surface area contributed by atoms with Crippen molar-refractivity contribution in [3.8, 4) is 11.1 Å². The van der Waals surface area contributed by atoms with Crippen molar-refractivity contribution in [2.24, 2.45) is 0 Å². The number of benzene rings is 2. The van der Waals surface area contributed by atoms with Gasteiger partial charge in [0.25, 0.3) is 5.91 Å². The summed E-state index contributed by atoms with van der Waals surface area (Å²) in [6.07, 6.45) is 2.90. The molecule has 5 N–H and O–H groups in total. The zero-order valence-electron chi connectivity index (χ0n) is 14.4. The van der Waals surface area contributed by atoms with Gasteiger partial charge in [-0.25, -0.2) is 4.98 Å². The molecule has 0 saturated carbocycles. The fourth-order valence-corrected chi connectivity index (χ4v) is 3.45. The van der Waals surface area contributed by atoms with Crippen molar-refractivity contribution in [1.82, 2.24) is 15.2 Å². The largest absolute Gasteiger partial charge is 0.398 e. The number of rotatable bonds is 4. The minimum Gasteiger partial charge on any atom is -0.398 e. The number of carbonyl (C=O) groups is 1. The smallest absolute Gasteiger partial charge is 0.275 e. The number of nitrogen functional groups attached to an aromatic ring is 1. The highest BCUT2D eigenvalue weighted by Gasteiger charge is 2.14. The molecule has 0 atom stereocenters. The predicted molar refractivity (Wildman–Crippen MR) is 109 cm³/mol. The molecule has 2 aromatic carbocycles. The molecule has 134 valence electrons. The van der Waals surface area contributed by atoms with Gasteiger partial charge in [-0.05, 0) is 42.3 Å². The Morgan fingerprint density at radius 1 is 1.30 bits per heavy atom. The minimum absolute atomic E-state index is 0.267. The molecule has 0 aliphatic carbocycles. The third kappa shape index (κ3) is 3.18. The number of nitrogens with two attached hydrogens (primary N) is 1. The minimum atomic E-state index is -0.267. The Morgan fingerprint density at radius 2 is 2.15 bits per heavy atom. The lowest BCUT2D eigenvalue weighted by molar-refractivity contribution is 0.102. The van der Waals surface area contributed by atoms with Crippen molar-refractivity contribution >= 4 is 45.7 Å². The van der Waals surface area contributed by atoms with Crippen LogP contribution in [0.1, 0.15) is 21.1 Å². The standard InChI is InChI=1S/C19H16N6OS/c1-10-23-18(9-27-10)19(26)24-16-5-12(6-17-14(16)8-22-25-17)11-2-3-15(21)13(4-11)7-20/h2-9,20H,21H2,1H3,(H,22,25)(H,24,26). The average molecular weight is 376 g/mol. The lowest BCUT2D eigenvalue weighted by Crippen LogP contribution is -2.12. The first kappa shape index (κ1) is 16.9. The normalized spacial score (nSPS) is 10.9. The Bertz CT molecular complexity index is 1180. The molecule has 0 radical (unpaired) electrons. The number of amides is 1. The maximum Gasteiger partial charge on any atom is 0.275 e. The second-order valence-corrected chi connectivity index (χ2v) is 7.11. The van der Waals surface area contributed by atoms with Crippen LogP contribution in [0.5, 0.6) is 0 Å². The number of aryl methyl sites for hydroxylation is 1. The van der Waals surface area contributed by atoms with E-state index >= 15 is 0 Å². The van der Waals surface area contributed by atoms with E-state index < -0.39 is 0 Å². The number of H-pyrrole nitrogens is 1. The van der Waals surface area contributed by atoms with Crippen LogP contribution in [-0.4, -0.2) is 27.3 Å². The molecule has 4 aromatic rings. The molecule has 0 fully saturated rings. The van der Waals surface area contributed by atoms with E-state index in [0.29, 0.717) is 22.6 Å². The van der Waals surface area contributed by atoms with Crippen molar-refractivity contribution in [1.29, 1.82) is 5.41 Å². The number of anilines is 2. The van der Waals surface area contributed by atoms with E-state index in [1.807, 2.05) is 31.2 Å². The van der Waals surface area contributed by atoms with Crippen LogP contribution in [-0.2, 0) is 0 Å². The van der Waals surface area contributed by atoms with Gasteiger partial charge in [0.1, 0.15) is 5.69 Å². The topological polar surface area (TPSA) is 121 Å². The average Bonchev–Trinajstić information content (AvgIpc) is 3.31. The first-order valence-electron chi connectivity index (χ1n) is 8.16. The molecule has 2 heterocycles. The fraction of sp³-hybridized carbons (Fsp3) is 0.0526. The molecular weight excluding hydrogens is 360 g/mol. The Hall–Kier alpha value is -3.52. The first-order chi connectivity index (χ1) is 13.0. The van der Waals surface area contributed by atoms with Crippen LogP contribution >= 0.6 is 11.3 Å². The number of aromatic amines is 1. The zero-order valence-corrected chi connectivity index (χ0v) is 15.2. The van der Waals surface area contributed by atoms with Crippen LogP contribution < -0.4 is 11.1 Å². The summed E-state index contributed by atoms with van der Waals surface area (Å²) >= 11 is 1.43. The van der Waals surface area contributed by atoms with Crippen molar-refractivity contribution < 1.29 is 4.79 Å². The molecule has 2 aromatic heterocycles. The van der Waals surface area contributed by atoms with Gasteiger partial charge < -0.3 is 16.5 Å². The molecule has 0 spiro atoms. The molecule has 0 unspecified atom stereocenters. The monoisotopic (exact) mass is 376 g/mol. The maximum absolute atomic E-state index is 12.5. The highest BCUT2D eigenvalue weighted by molar-refractivity contribution is 7.09. The molecular formula is C19H16N6OS. The Labute approximate surface area is 158 Å². The third-order valence-electron chi connectivity index (χ3n) is 4.23. The highest BCUT2D eigenvalue weighted by atomic mass is 32.1. The van der Waals surface area contributed by atoms with Gasteiger partial charge in [0.2, 0.25) is 0 Å². The molecule has 8 heteroatoms. The van der Waals surface area contributed by atoms with E-state index in [0.717, 1.165) is 27.0 Å². The van der Waals surface area contributed by atoms with Gasteiger partial charge in [0.15, 0.2) is 0 Å². The van der Waals surface area contributed by atoms with Crippen molar-refractivity contribution in [2.45, 2.75) is 6.92 Å². The summed E-state index contributed by atoms with van der Waals surface area (Å²) in [6.45, 7) is 1.86. The summed E-state index contributed by atoms with van der Waals surface area (Å²) in [6, 6.07) is 9.33. The molecule has 1 amide bonds. The van der Waals surface area contributed by atoms with E-state index in [9.17, 15) is 4.79 Å². The third-order valence-corrected chi connectivity index (χ3v) is 5.01. The number of thiazole rings is 1.